The largest absolute Gasteiger partial charge is 0.100 e. The molecule has 0 aromatic heterocycles. The molecule has 0 atom stereocenters. The highest BCUT2D eigenvalue weighted by molar-refractivity contribution is 5.28. The Hall–Kier alpha value is -2.08. The normalized spacial score (nSPS) is 8.82. The van der Waals surface area contributed by atoms with E-state index in [4.69, 9.17) is 0 Å². The zero-order valence-corrected chi connectivity index (χ0v) is 24.2. The summed E-state index contributed by atoms with van der Waals surface area (Å²) >= 11 is 0. The number of rotatable bonds is 6. The predicted molar refractivity (Wildman–Crippen MR) is 157 cm³/mol. The maximum atomic E-state index is 3.67. The molecule has 2 rings (SSSR count). The van der Waals surface area contributed by atoms with E-state index in [1.54, 1.807) is 0 Å². The summed E-state index contributed by atoms with van der Waals surface area (Å²) < 4.78 is 0. The summed E-state index contributed by atoms with van der Waals surface area (Å²) in [5, 5.41) is 0. The summed E-state index contributed by atoms with van der Waals surface area (Å²) in [6.07, 6.45) is 7.79. The standard InChI is InChI=1S/C13H20.C9H12.C5H10.C4H8.C2H6/c1-3-4-5-6-7-13-10-8-12(2)9-11-13;1-7-4-5-8(2)9(3)6-7;1-4-5(2)3;1-4(2)3;1-2/h8-11H,3-7H2,1-2H3;4-6H,1-3H3;2,4H2,1,3H3;1H2,2-3H3;1-2H3. The Kier molecular flexibility index (Phi) is 26.4. The second-order valence-corrected chi connectivity index (χ2v) is 8.90. The third kappa shape index (κ3) is 27.9. The smallest absolute Gasteiger partial charge is 0.0279 e. The molecule has 2 aromatic carbocycles. The van der Waals surface area contributed by atoms with Crippen molar-refractivity contribution in [2.75, 3.05) is 0 Å². The van der Waals surface area contributed by atoms with Crippen molar-refractivity contribution in [2.24, 2.45) is 0 Å². The topological polar surface area (TPSA) is 0 Å². The van der Waals surface area contributed by atoms with Crippen LogP contribution in [0.5, 0.6) is 0 Å². The molecule has 0 spiro atoms. The predicted octanol–water partition coefficient (Wildman–Crippen LogP) is 11.3. The molecule has 0 amide bonds. The van der Waals surface area contributed by atoms with Gasteiger partial charge >= 0.3 is 0 Å². The first-order chi connectivity index (χ1) is 15.5. The van der Waals surface area contributed by atoms with Gasteiger partial charge in [-0.2, -0.15) is 0 Å². The molecular weight excluding hydrogens is 396 g/mol. The van der Waals surface area contributed by atoms with Crippen molar-refractivity contribution < 1.29 is 0 Å². The Bertz CT molecular complexity index is 712. The lowest BCUT2D eigenvalue weighted by Gasteiger charge is -2.01. The molecule has 0 nitrogen and oxygen atoms in total. The molecule has 188 valence electrons. The van der Waals surface area contributed by atoms with Gasteiger partial charge in [-0.3, -0.25) is 0 Å². The minimum Gasteiger partial charge on any atom is -0.100 e. The number of hydrogen-bond acceptors (Lipinski definition) is 0. The van der Waals surface area contributed by atoms with Crippen molar-refractivity contribution in [3.63, 3.8) is 0 Å². The fraction of sp³-hybridized carbons (Fsp3) is 0.515. The van der Waals surface area contributed by atoms with Gasteiger partial charge in [0.05, 0.1) is 0 Å². The third-order valence-electron chi connectivity index (χ3n) is 4.71. The first-order valence-electron chi connectivity index (χ1n) is 12.9. The van der Waals surface area contributed by atoms with Crippen LogP contribution >= 0.6 is 0 Å². The van der Waals surface area contributed by atoms with Gasteiger partial charge in [0, 0.05) is 0 Å². The highest BCUT2D eigenvalue weighted by Crippen LogP contribution is 2.09. The van der Waals surface area contributed by atoms with Crippen molar-refractivity contribution in [1.82, 2.24) is 0 Å². The maximum Gasteiger partial charge on any atom is -0.0279 e. The lowest BCUT2D eigenvalue weighted by atomic mass is 10.1. The zero-order valence-electron chi connectivity index (χ0n) is 24.2. The fourth-order valence-electron chi connectivity index (χ4n) is 2.40. The summed E-state index contributed by atoms with van der Waals surface area (Å²) in [7, 11) is 0. The Balaban J connectivity index is -0.000000391. The van der Waals surface area contributed by atoms with E-state index in [9.17, 15) is 0 Å². The van der Waals surface area contributed by atoms with Crippen molar-refractivity contribution in [3.8, 4) is 0 Å². The van der Waals surface area contributed by atoms with Crippen LogP contribution in [0, 0.1) is 27.7 Å². The monoisotopic (exact) mass is 452 g/mol. The van der Waals surface area contributed by atoms with Gasteiger partial charge in [-0.1, -0.05) is 112 Å². The average molecular weight is 453 g/mol. The van der Waals surface area contributed by atoms with Gasteiger partial charge in [0.1, 0.15) is 0 Å². The van der Waals surface area contributed by atoms with Crippen LogP contribution < -0.4 is 0 Å². The summed E-state index contributed by atoms with van der Waals surface area (Å²) in [6.45, 7) is 30.1. The minimum absolute atomic E-state index is 1.11. The molecule has 2 aromatic rings. The van der Waals surface area contributed by atoms with Gasteiger partial charge in [0.2, 0.25) is 0 Å². The Morgan fingerprint density at radius 3 is 1.48 bits per heavy atom. The molecule has 0 radical (unpaired) electrons. The quantitative estimate of drug-likeness (QED) is 0.302. The van der Waals surface area contributed by atoms with E-state index in [1.165, 1.54) is 71.1 Å². The Morgan fingerprint density at radius 2 is 1.12 bits per heavy atom. The molecular formula is C33H56. The van der Waals surface area contributed by atoms with E-state index in [1.807, 2.05) is 34.6 Å². The van der Waals surface area contributed by atoms with Crippen LogP contribution in [0.1, 0.15) is 108 Å². The first kappa shape index (κ1) is 35.5. The van der Waals surface area contributed by atoms with E-state index in [0.29, 0.717) is 0 Å². The molecule has 33 heavy (non-hydrogen) atoms. The maximum absolute atomic E-state index is 3.67. The minimum atomic E-state index is 1.11. The third-order valence-corrected chi connectivity index (χ3v) is 4.71. The summed E-state index contributed by atoms with van der Waals surface area (Å²) in [5.74, 6) is 0. The van der Waals surface area contributed by atoms with E-state index in [0.717, 1.165) is 6.42 Å². The first-order valence-corrected chi connectivity index (χ1v) is 12.9. The lowest BCUT2D eigenvalue weighted by Crippen LogP contribution is -1.85. The molecule has 0 saturated carbocycles. The van der Waals surface area contributed by atoms with Gasteiger partial charge < -0.3 is 0 Å². The second kappa shape index (κ2) is 24.6. The molecule has 0 heterocycles. The van der Waals surface area contributed by atoms with Crippen LogP contribution in [-0.4, -0.2) is 0 Å². The highest BCUT2D eigenvalue weighted by Gasteiger charge is 1.92. The fourth-order valence-corrected chi connectivity index (χ4v) is 2.40. The molecule has 0 aliphatic heterocycles. The van der Waals surface area contributed by atoms with Crippen molar-refractivity contribution in [2.45, 2.75) is 115 Å². The molecule has 0 bridgehead atoms. The highest BCUT2D eigenvalue weighted by atomic mass is 14.0. The molecule has 0 aliphatic rings. The molecule has 0 N–H and O–H groups in total. The number of benzene rings is 2. The number of hydrogen-bond donors (Lipinski definition) is 0. The van der Waals surface area contributed by atoms with Gasteiger partial charge in [-0.15, -0.1) is 13.2 Å². The number of unbranched alkanes of at least 4 members (excludes halogenated alkanes) is 3. The van der Waals surface area contributed by atoms with Crippen molar-refractivity contribution in [3.05, 3.63) is 94.6 Å². The number of allylic oxidation sites excluding steroid dienone is 2. The van der Waals surface area contributed by atoms with E-state index in [-0.39, 0.29) is 0 Å². The SMILES string of the molecule is C=C(C)C.C=C(C)CC.CC.CCCCCCc1ccc(C)cc1.Cc1ccc(C)c(C)c1. The van der Waals surface area contributed by atoms with Crippen LogP contribution in [0.3, 0.4) is 0 Å². The van der Waals surface area contributed by atoms with E-state index in [2.05, 4.69) is 97.2 Å². The van der Waals surface area contributed by atoms with Crippen LogP contribution in [0.15, 0.2) is 66.8 Å². The molecule has 0 fully saturated rings. The second-order valence-electron chi connectivity index (χ2n) is 8.90. The molecule has 0 aliphatic carbocycles. The van der Waals surface area contributed by atoms with Crippen LogP contribution in [-0.2, 0) is 6.42 Å². The summed E-state index contributed by atoms with van der Waals surface area (Å²) in [6, 6.07) is 15.4. The lowest BCUT2D eigenvalue weighted by molar-refractivity contribution is 0.667. The van der Waals surface area contributed by atoms with Crippen molar-refractivity contribution >= 4 is 0 Å². The number of aryl methyl sites for hydroxylation is 5. The van der Waals surface area contributed by atoms with Gasteiger partial charge in [0.25, 0.3) is 0 Å². The summed E-state index contributed by atoms with van der Waals surface area (Å²) in [5.41, 5.74) is 9.37. The van der Waals surface area contributed by atoms with Crippen LogP contribution in [0.25, 0.3) is 0 Å². The van der Waals surface area contributed by atoms with Crippen molar-refractivity contribution in [1.29, 1.82) is 0 Å². The van der Waals surface area contributed by atoms with Gasteiger partial charge in [-0.05, 0) is 84.4 Å². The molecule has 0 saturated heterocycles. The Morgan fingerprint density at radius 1 is 0.667 bits per heavy atom. The van der Waals surface area contributed by atoms with E-state index >= 15 is 0 Å². The molecule has 0 heteroatoms. The van der Waals surface area contributed by atoms with Gasteiger partial charge in [-0.25, -0.2) is 0 Å². The van der Waals surface area contributed by atoms with Crippen LogP contribution in [0.4, 0.5) is 0 Å². The van der Waals surface area contributed by atoms with E-state index < -0.39 is 0 Å². The average Bonchev–Trinajstić information content (AvgIpc) is 2.77. The Labute approximate surface area is 209 Å². The van der Waals surface area contributed by atoms with Crippen LogP contribution in [0.2, 0.25) is 0 Å². The van der Waals surface area contributed by atoms with Gasteiger partial charge in [0.15, 0.2) is 0 Å². The summed E-state index contributed by atoms with van der Waals surface area (Å²) in [4.78, 5) is 0. The zero-order chi connectivity index (χ0) is 26.2. The molecule has 0 unspecified atom stereocenters.